The Hall–Kier alpha value is -0.870. The number of benzene rings is 1. The Morgan fingerprint density at radius 3 is 2.25 bits per heavy atom. The topological polar surface area (TPSA) is 35.0 Å². The fourth-order valence-electron chi connectivity index (χ4n) is 1.85. The smallest absolute Gasteiger partial charge is 0.142 e. The Bertz CT molecular complexity index is 596. The standard InChI is InChI=1S/C14H13Cl3N2O/c1-8(7-20-2)14-18-12(16)11(13(17)19-14)9-5-3-4-6-10(9)15/h3-6,8H,7H2,1-2H3. The summed E-state index contributed by atoms with van der Waals surface area (Å²) in [6, 6.07) is 7.29. The molecule has 0 N–H and O–H groups in total. The van der Waals surface area contributed by atoms with Gasteiger partial charge in [-0.3, -0.25) is 0 Å². The largest absolute Gasteiger partial charge is 0.384 e. The number of ether oxygens (including phenoxy) is 1. The van der Waals surface area contributed by atoms with Gasteiger partial charge in [-0.15, -0.1) is 0 Å². The van der Waals surface area contributed by atoms with Crippen molar-refractivity contribution in [1.29, 1.82) is 0 Å². The molecule has 0 amide bonds. The van der Waals surface area contributed by atoms with Gasteiger partial charge in [0.25, 0.3) is 0 Å². The zero-order chi connectivity index (χ0) is 14.7. The number of rotatable bonds is 4. The van der Waals surface area contributed by atoms with E-state index in [1.807, 2.05) is 25.1 Å². The Labute approximate surface area is 132 Å². The normalized spacial score (nSPS) is 12.4. The predicted molar refractivity (Wildman–Crippen MR) is 82.8 cm³/mol. The van der Waals surface area contributed by atoms with Crippen LogP contribution in [-0.4, -0.2) is 23.7 Å². The van der Waals surface area contributed by atoms with Gasteiger partial charge in [-0.05, 0) is 6.07 Å². The monoisotopic (exact) mass is 330 g/mol. The lowest BCUT2D eigenvalue weighted by Crippen LogP contribution is -2.08. The van der Waals surface area contributed by atoms with Gasteiger partial charge in [-0.1, -0.05) is 59.9 Å². The highest BCUT2D eigenvalue weighted by Gasteiger charge is 2.18. The molecule has 0 fully saturated rings. The van der Waals surface area contributed by atoms with E-state index in [4.69, 9.17) is 39.5 Å². The molecule has 1 heterocycles. The van der Waals surface area contributed by atoms with Crippen molar-refractivity contribution in [2.24, 2.45) is 0 Å². The summed E-state index contributed by atoms with van der Waals surface area (Å²) >= 11 is 18.7. The molecule has 3 nitrogen and oxygen atoms in total. The molecule has 6 heteroatoms. The zero-order valence-corrected chi connectivity index (χ0v) is 13.3. The van der Waals surface area contributed by atoms with Crippen LogP contribution in [0.5, 0.6) is 0 Å². The molecule has 1 atom stereocenters. The third kappa shape index (κ3) is 3.23. The van der Waals surface area contributed by atoms with Crippen LogP contribution in [0.3, 0.4) is 0 Å². The molecule has 1 unspecified atom stereocenters. The summed E-state index contributed by atoms with van der Waals surface area (Å²) in [4.78, 5) is 8.60. The highest BCUT2D eigenvalue weighted by Crippen LogP contribution is 2.37. The summed E-state index contributed by atoms with van der Waals surface area (Å²) in [6.07, 6.45) is 0. The first-order valence-corrected chi connectivity index (χ1v) is 7.14. The molecule has 0 bridgehead atoms. The van der Waals surface area contributed by atoms with Crippen molar-refractivity contribution in [2.75, 3.05) is 13.7 Å². The van der Waals surface area contributed by atoms with Gasteiger partial charge < -0.3 is 4.74 Å². The van der Waals surface area contributed by atoms with Gasteiger partial charge >= 0.3 is 0 Å². The molecule has 1 aromatic heterocycles. The molecule has 0 spiro atoms. The Morgan fingerprint density at radius 2 is 1.70 bits per heavy atom. The first-order chi connectivity index (χ1) is 9.54. The molecule has 0 aliphatic carbocycles. The van der Waals surface area contributed by atoms with Gasteiger partial charge in [0.15, 0.2) is 0 Å². The lowest BCUT2D eigenvalue weighted by Gasteiger charge is -2.13. The highest BCUT2D eigenvalue weighted by molar-refractivity contribution is 6.40. The first-order valence-electron chi connectivity index (χ1n) is 6.01. The van der Waals surface area contributed by atoms with Crippen LogP contribution in [0.4, 0.5) is 0 Å². The summed E-state index contributed by atoms with van der Waals surface area (Å²) < 4.78 is 5.08. The molecule has 1 aromatic carbocycles. The van der Waals surface area contributed by atoms with Crippen molar-refractivity contribution in [2.45, 2.75) is 12.8 Å². The van der Waals surface area contributed by atoms with E-state index >= 15 is 0 Å². The molecule has 0 aliphatic heterocycles. The van der Waals surface area contributed by atoms with Gasteiger partial charge in [-0.25, -0.2) is 9.97 Å². The molecule has 106 valence electrons. The summed E-state index contributed by atoms with van der Waals surface area (Å²) in [6.45, 7) is 2.44. The van der Waals surface area contributed by atoms with E-state index in [9.17, 15) is 0 Å². The SMILES string of the molecule is COCC(C)c1nc(Cl)c(-c2ccccc2Cl)c(Cl)n1. The third-order valence-electron chi connectivity index (χ3n) is 2.84. The minimum absolute atomic E-state index is 0.00953. The molecule has 2 rings (SSSR count). The molecule has 0 aliphatic rings. The van der Waals surface area contributed by atoms with Gasteiger partial charge in [0.1, 0.15) is 16.1 Å². The van der Waals surface area contributed by atoms with Crippen LogP contribution in [-0.2, 0) is 4.74 Å². The summed E-state index contributed by atoms with van der Waals surface area (Å²) in [7, 11) is 1.62. The predicted octanol–water partition coefficient (Wildman–Crippen LogP) is 4.85. The van der Waals surface area contributed by atoms with E-state index in [0.29, 0.717) is 23.0 Å². The number of halogens is 3. The fourth-order valence-corrected chi connectivity index (χ4v) is 2.69. The van der Waals surface area contributed by atoms with Crippen molar-refractivity contribution in [3.63, 3.8) is 0 Å². The Kier molecular flexibility index (Phi) is 5.22. The quantitative estimate of drug-likeness (QED) is 0.751. The van der Waals surface area contributed by atoms with Gasteiger partial charge in [0.05, 0.1) is 12.2 Å². The van der Waals surface area contributed by atoms with Crippen molar-refractivity contribution >= 4 is 34.8 Å². The second-order valence-corrected chi connectivity index (χ2v) is 5.50. The lowest BCUT2D eigenvalue weighted by atomic mass is 10.1. The van der Waals surface area contributed by atoms with E-state index in [1.165, 1.54) is 0 Å². The van der Waals surface area contributed by atoms with Gasteiger partial charge in [0.2, 0.25) is 0 Å². The van der Waals surface area contributed by atoms with E-state index in [2.05, 4.69) is 9.97 Å². The Balaban J connectivity index is 2.50. The molecular weight excluding hydrogens is 319 g/mol. The average molecular weight is 332 g/mol. The van der Waals surface area contributed by atoms with E-state index < -0.39 is 0 Å². The fraction of sp³-hybridized carbons (Fsp3) is 0.286. The van der Waals surface area contributed by atoms with E-state index in [-0.39, 0.29) is 16.2 Å². The third-order valence-corrected chi connectivity index (χ3v) is 3.72. The number of hydrogen-bond acceptors (Lipinski definition) is 3. The number of methoxy groups -OCH3 is 1. The maximum Gasteiger partial charge on any atom is 0.142 e. The van der Waals surface area contributed by atoms with Gasteiger partial charge in [0, 0.05) is 23.6 Å². The van der Waals surface area contributed by atoms with Crippen LogP contribution in [0.1, 0.15) is 18.7 Å². The molecular formula is C14H13Cl3N2O. The van der Waals surface area contributed by atoms with Crippen LogP contribution in [0.2, 0.25) is 15.3 Å². The number of aromatic nitrogens is 2. The van der Waals surface area contributed by atoms with Crippen molar-refractivity contribution in [1.82, 2.24) is 9.97 Å². The molecule has 2 aromatic rings. The maximum absolute atomic E-state index is 6.25. The minimum Gasteiger partial charge on any atom is -0.384 e. The second kappa shape index (κ2) is 6.72. The summed E-state index contributed by atoms with van der Waals surface area (Å²) in [5.74, 6) is 0.563. The first kappa shape index (κ1) is 15.5. The average Bonchev–Trinajstić information content (AvgIpc) is 2.40. The highest BCUT2D eigenvalue weighted by atomic mass is 35.5. The summed E-state index contributed by atoms with van der Waals surface area (Å²) in [5, 5.41) is 1.13. The molecule has 20 heavy (non-hydrogen) atoms. The Morgan fingerprint density at radius 1 is 1.10 bits per heavy atom. The molecule has 0 saturated carbocycles. The lowest BCUT2D eigenvalue weighted by molar-refractivity contribution is 0.181. The van der Waals surface area contributed by atoms with Gasteiger partial charge in [-0.2, -0.15) is 0 Å². The van der Waals surface area contributed by atoms with Crippen LogP contribution in [0, 0.1) is 0 Å². The van der Waals surface area contributed by atoms with E-state index in [1.54, 1.807) is 13.2 Å². The van der Waals surface area contributed by atoms with Crippen molar-refractivity contribution in [3.05, 3.63) is 45.4 Å². The maximum atomic E-state index is 6.25. The van der Waals surface area contributed by atoms with Crippen LogP contribution in [0.15, 0.2) is 24.3 Å². The van der Waals surface area contributed by atoms with Crippen LogP contribution in [0.25, 0.3) is 11.1 Å². The number of hydrogen-bond donors (Lipinski definition) is 0. The summed E-state index contributed by atoms with van der Waals surface area (Å²) in [5.41, 5.74) is 1.27. The van der Waals surface area contributed by atoms with Crippen molar-refractivity contribution in [3.8, 4) is 11.1 Å². The second-order valence-electron chi connectivity index (χ2n) is 4.37. The molecule has 0 saturated heterocycles. The molecule has 0 radical (unpaired) electrons. The van der Waals surface area contributed by atoms with E-state index in [0.717, 1.165) is 5.56 Å². The number of nitrogens with zero attached hydrogens (tertiary/aromatic N) is 2. The van der Waals surface area contributed by atoms with Crippen LogP contribution < -0.4 is 0 Å². The zero-order valence-electron chi connectivity index (χ0n) is 11.0. The van der Waals surface area contributed by atoms with Crippen molar-refractivity contribution < 1.29 is 4.74 Å². The van der Waals surface area contributed by atoms with Crippen LogP contribution >= 0.6 is 34.8 Å². The minimum atomic E-state index is 0.00953.